The molecule has 2 heterocycles. The van der Waals surface area contributed by atoms with Gasteiger partial charge in [0.05, 0.1) is 12.1 Å². The lowest BCUT2D eigenvalue weighted by molar-refractivity contribution is -0.214. The van der Waals surface area contributed by atoms with E-state index in [0.717, 1.165) is 0 Å². The molecule has 6 nitrogen and oxygen atoms in total. The molecular formula is C14H22F3N5O. The molecule has 0 aromatic carbocycles. The minimum Gasteiger partial charge on any atom is -0.338 e. The number of likely N-dealkylation sites (tertiary alicyclic amines) is 1. The molecule has 9 heteroatoms. The number of amides is 2. The summed E-state index contributed by atoms with van der Waals surface area (Å²) in [5.41, 5.74) is -0.978. The van der Waals surface area contributed by atoms with Gasteiger partial charge in [0.15, 0.2) is 0 Å². The molecule has 1 atom stereocenters. The van der Waals surface area contributed by atoms with Crippen LogP contribution in [-0.2, 0) is 6.54 Å². The maximum absolute atomic E-state index is 13.0. The second kappa shape index (κ2) is 6.76. The number of carbonyl (C=O) groups excluding carboxylic acids is 1. The van der Waals surface area contributed by atoms with E-state index in [-0.39, 0.29) is 25.5 Å². The molecular weight excluding hydrogens is 311 g/mol. The standard InChI is InChI=1S/C14H22F3N5O/c1-13(2)10-21(8-4-11(13)14(15,16)17)12(23)18-5-3-7-22-9-6-19-20-22/h6,9,11H,3-5,7-8,10H2,1-2H3,(H,18,23). The summed E-state index contributed by atoms with van der Waals surface area (Å²) in [5, 5.41) is 10.2. The quantitative estimate of drug-likeness (QED) is 0.860. The van der Waals surface area contributed by atoms with E-state index in [0.29, 0.717) is 19.5 Å². The zero-order chi connectivity index (χ0) is 17.1. The molecule has 0 spiro atoms. The van der Waals surface area contributed by atoms with Gasteiger partial charge < -0.3 is 10.2 Å². The summed E-state index contributed by atoms with van der Waals surface area (Å²) >= 11 is 0. The molecule has 130 valence electrons. The lowest BCUT2D eigenvalue weighted by Gasteiger charge is -2.44. The van der Waals surface area contributed by atoms with Crippen LogP contribution in [0.3, 0.4) is 0 Å². The zero-order valence-corrected chi connectivity index (χ0v) is 13.3. The minimum absolute atomic E-state index is 0.0527. The molecule has 2 rings (SSSR count). The van der Waals surface area contributed by atoms with Crippen molar-refractivity contribution in [3.8, 4) is 0 Å². The molecule has 1 aromatic heterocycles. The Hall–Kier alpha value is -1.80. The lowest BCUT2D eigenvalue weighted by Crippen LogP contribution is -2.54. The molecule has 1 unspecified atom stereocenters. The number of aromatic nitrogens is 3. The van der Waals surface area contributed by atoms with E-state index >= 15 is 0 Å². The fraction of sp³-hybridized carbons (Fsp3) is 0.786. The average Bonchev–Trinajstić information content (AvgIpc) is 2.93. The van der Waals surface area contributed by atoms with Crippen LogP contribution in [-0.4, -0.2) is 51.7 Å². The topological polar surface area (TPSA) is 63.1 Å². The maximum Gasteiger partial charge on any atom is 0.392 e. The van der Waals surface area contributed by atoms with Crippen LogP contribution in [0.5, 0.6) is 0 Å². The van der Waals surface area contributed by atoms with Crippen molar-refractivity contribution >= 4 is 6.03 Å². The van der Waals surface area contributed by atoms with Gasteiger partial charge in [-0.2, -0.15) is 13.2 Å². The SMILES string of the molecule is CC1(C)CN(C(=O)NCCCn2ccnn2)CCC1C(F)(F)F. The van der Waals surface area contributed by atoms with Gasteiger partial charge in [-0.05, 0) is 18.3 Å². The first-order valence-electron chi connectivity index (χ1n) is 7.64. The molecule has 0 saturated carbocycles. The van der Waals surface area contributed by atoms with E-state index in [1.54, 1.807) is 30.9 Å². The van der Waals surface area contributed by atoms with Crippen molar-refractivity contribution in [2.75, 3.05) is 19.6 Å². The Morgan fingerprint density at radius 1 is 1.43 bits per heavy atom. The highest BCUT2D eigenvalue weighted by atomic mass is 19.4. The highest BCUT2D eigenvalue weighted by Crippen LogP contribution is 2.44. The predicted octanol–water partition coefficient (Wildman–Crippen LogP) is 2.29. The number of halogens is 3. The number of hydrogen-bond donors (Lipinski definition) is 1. The third-order valence-electron chi connectivity index (χ3n) is 4.22. The Balaban J connectivity index is 1.77. The maximum atomic E-state index is 13.0. The third-order valence-corrected chi connectivity index (χ3v) is 4.22. The summed E-state index contributed by atoms with van der Waals surface area (Å²) in [6, 6.07) is -0.308. The Labute approximate surface area is 133 Å². The molecule has 1 N–H and O–H groups in total. The summed E-state index contributed by atoms with van der Waals surface area (Å²) < 4.78 is 40.7. The zero-order valence-electron chi connectivity index (χ0n) is 13.3. The molecule has 1 aromatic rings. The highest BCUT2D eigenvalue weighted by Gasteiger charge is 2.51. The van der Waals surface area contributed by atoms with Crippen molar-refractivity contribution in [1.82, 2.24) is 25.2 Å². The van der Waals surface area contributed by atoms with Crippen LogP contribution in [0.25, 0.3) is 0 Å². The molecule has 1 fully saturated rings. The number of carbonyl (C=O) groups is 1. The second-order valence-corrected chi connectivity index (χ2v) is 6.54. The van der Waals surface area contributed by atoms with E-state index in [9.17, 15) is 18.0 Å². The fourth-order valence-electron chi connectivity index (χ4n) is 3.04. The number of alkyl halides is 3. The largest absolute Gasteiger partial charge is 0.392 e. The van der Waals surface area contributed by atoms with Crippen LogP contribution < -0.4 is 5.32 Å². The Kier molecular flexibility index (Phi) is 5.16. The summed E-state index contributed by atoms with van der Waals surface area (Å²) in [5.74, 6) is -1.37. The van der Waals surface area contributed by atoms with E-state index in [1.807, 2.05) is 0 Å². The Morgan fingerprint density at radius 3 is 2.74 bits per heavy atom. The van der Waals surface area contributed by atoms with Crippen molar-refractivity contribution in [3.05, 3.63) is 12.4 Å². The van der Waals surface area contributed by atoms with Crippen molar-refractivity contribution in [2.45, 2.75) is 39.4 Å². The summed E-state index contributed by atoms with van der Waals surface area (Å²) in [6.07, 6.45) is -0.290. The average molecular weight is 333 g/mol. The molecule has 2 amide bonds. The Morgan fingerprint density at radius 2 is 2.17 bits per heavy atom. The molecule has 1 saturated heterocycles. The van der Waals surface area contributed by atoms with E-state index in [4.69, 9.17) is 0 Å². The normalized spacial score (nSPS) is 21.3. The number of rotatable bonds is 4. The van der Waals surface area contributed by atoms with Crippen molar-refractivity contribution < 1.29 is 18.0 Å². The van der Waals surface area contributed by atoms with Crippen LogP contribution >= 0.6 is 0 Å². The van der Waals surface area contributed by atoms with Crippen molar-refractivity contribution in [3.63, 3.8) is 0 Å². The van der Waals surface area contributed by atoms with E-state index in [1.165, 1.54) is 4.90 Å². The van der Waals surface area contributed by atoms with E-state index < -0.39 is 17.5 Å². The molecule has 1 aliphatic rings. The smallest absolute Gasteiger partial charge is 0.338 e. The van der Waals surface area contributed by atoms with Gasteiger partial charge in [0.2, 0.25) is 0 Å². The van der Waals surface area contributed by atoms with Crippen LogP contribution in [0.15, 0.2) is 12.4 Å². The molecule has 1 aliphatic heterocycles. The Bertz CT molecular complexity index is 515. The summed E-state index contributed by atoms with van der Waals surface area (Å²) in [7, 11) is 0. The number of nitrogens with one attached hydrogen (secondary N) is 1. The van der Waals surface area contributed by atoms with Crippen LogP contribution in [0, 0.1) is 11.3 Å². The monoisotopic (exact) mass is 333 g/mol. The predicted molar refractivity (Wildman–Crippen MR) is 77.6 cm³/mol. The van der Waals surface area contributed by atoms with Gasteiger partial charge >= 0.3 is 12.2 Å². The van der Waals surface area contributed by atoms with Gasteiger partial charge in [0, 0.05) is 32.4 Å². The lowest BCUT2D eigenvalue weighted by atomic mass is 9.73. The number of urea groups is 1. The van der Waals surface area contributed by atoms with Gasteiger partial charge in [0.25, 0.3) is 0 Å². The number of aryl methyl sites for hydroxylation is 1. The van der Waals surface area contributed by atoms with Crippen LogP contribution in [0.1, 0.15) is 26.7 Å². The van der Waals surface area contributed by atoms with E-state index in [2.05, 4.69) is 15.6 Å². The number of piperidine rings is 1. The summed E-state index contributed by atoms with van der Waals surface area (Å²) in [6.45, 7) is 4.43. The third kappa shape index (κ3) is 4.59. The van der Waals surface area contributed by atoms with Crippen molar-refractivity contribution in [1.29, 1.82) is 0 Å². The van der Waals surface area contributed by atoms with Crippen LogP contribution in [0.2, 0.25) is 0 Å². The number of nitrogens with zero attached hydrogens (tertiary/aromatic N) is 4. The first kappa shape index (κ1) is 17.6. The minimum atomic E-state index is -4.22. The number of hydrogen-bond acceptors (Lipinski definition) is 3. The molecule has 0 aliphatic carbocycles. The molecule has 23 heavy (non-hydrogen) atoms. The van der Waals surface area contributed by atoms with Gasteiger partial charge in [-0.3, -0.25) is 4.68 Å². The molecule has 0 radical (unpaired) electrons. The van der Waals surface area contributed by atoms with Crippen LogP contribution in [0.4, 0.5) is 18.0 Å². The second-order valence-electron chi connectivity index (χ2n) is 6.54. The van der Waals surface area contributed by atoms with Gasteiger partial charge in [0.1, 0.15) is 0 Å². The van der Waals surface area contributed by atoms with Crippen molar-refractivity contribution in [2.24, 2.45) is 11.3 Å². The first-order chi connectivity index (χ1) is 10.7. The molecule has 0 bridgehead atoms. The van der Waals surface area contributed by atoms with Gasteiger partial charge in [-0.15, -0.1) is 5.10 Å². The highest BCUT2D eigenvalue weighted by molar-refractivity contribution is 5.74. The summed E-state index contributed by atoms with van der Waals surface area (Å²) in [4.78, 5) is 13.6. The first-order valence-corrected chi connectivity index (χ1v) is 7.64. The fourth-order valence-corrected chi connectivity index (χ4v) is 3.04. The van der Waals surface area contributed by atoms with Gasteiger partial charge in [-0.1, -0.05) is 19.1 Å². The van der Waals surface area contributed by atoms with Gasteiger partial charge in [-0.25, -0.2) is 4.79 Å².